The fourth-order valence-corrected chi connectivity index (χ4v) is 1.78. The van der Waals surface area contributed by atoms with Gasteiger partial charge < -0.3 is 0 Å². The average Bonchev–Trinajstić information content (AvgIpc) is 2.34. The fraction of sp³-hybridized carbons (Fsp3) is 0.333. The first-order chi connectivity index (χ1) is 8.49. The normalized spacial score (nSPS) is 20.4. The van der Waals surface area contributed by atoms with E-state index in [2.05, 4.69) is 5.32 Å². The standard InChI is InChI=1S/C12H12F2N2O2/c1-7-12(18)16(11(17)5-15-7)6-8-4-9(13)2-3-10(8)14/h2-4,7,15H,5-6H2,1H3. The minimum Gasteiger partial charge on any atom is -0.298 e. The van der Waals surface area contributed by atoms with E-state index in [9.17, 15) is 18.4 Å². The van der Waals surface area contributed by atoms with Gasteiger partial charge in [-0.15, -0.1) is 0 Å². The van der Waals surface area contributed by atoms with Crippen LogP contribution in [0.1, 0.15) is 12.5 Å². The van der Waals surface area contributed by atoms with Crippen molar-refractivity contribution in [3.63, 3.8) is 0 Å². The van der Waals surface area contributed by atoms with Crippen molar-refractivity contribution in [2.24, 2.45) is 0 Å². The van der Waals surface area contributed by atoms with Gasteiger partial charge in [-0.1, -0.05) is 0 Å². The molecular weight excluding hydrogens is 242 g/mol. The Morgan fingerprint density at radius 2 is 2.11 bits per heavy atom. The van der Waals surface area contributed by atoms with Gasteiger partial charge in [0.2, 0.25) is 11.8 Å². The first-order valence-electron chi connectivity index (χ1n) is 5.50. The van der Waals surface area contributed by atoms with Gasteiger partial charge in [0.05, 0.1) is 19.1 Å². The number of halogens is 2. The summed E-state index contributed by atoms with van der Waals surface area (Å²) in [4.78, 5) is 24.3. The van der Waals surface area contributed by atoms with E-state index in [0.29, 0.717) is 0 Å². The number of imide groups is 1. The van der Waals surface area contributed by atoms with E-state index in [1.54, 1.807) is 6.92 Å². The maximum atomic E-state index is 13.4. The molecule has 0 radical (unpaired) electrons. The highest BCUT2D eigenvalue weighted by atomic mass is 19.1. The molecule has 1 fully saturated rings. The Balaban J connectivity index is 2.24. The van der Waals surface area contributed by atoms with Gasteiger partial charge in [0.15, 0.2) is 0 Å². The van der Waals surface area contributed by atoms with Crippen LogP contribution in [-0.4, -0.2) is 29.3 Å². The summed E-state index contributed by atoms with van der Waals surface area (Å²) in [5.74, 6) is -2.12. The predicted molar refractivity (Wildman–Crippen MR) is 59.4 cm³/mol. The fourth-order valence-electron chi connectivity index (χ4n) is 1.78. The number of benzene rings is 1. The predicted octanol–water partition coefficient (Wildman–Crippen LogP) is 0.812. The van der Waals surface area contributed by atoms with E-state index in [4.69, 9.17) is 0 Å². The molecule has 18 heavy (non-hydrogen) atoms. The molecule has 1 saturated heterocycles. The zero-order chi connectivity index (χ0) is 13.3. The van der Waals surface area contributed by atoms with E-state index in [-0.39, 0.29) is 18.7 Å². The van der Waals surface area contributed by atoms with E-state index < -0.39 is 29.5 Å². The maximum absolute atomic E-state index is 13.4. The molecular formula is C12H12F2N2O2. The van der Waals surface area contributed by atoms with Crippen LogP contribution in [0.2, 0.25) is 0 Å². The number of carbonyl (C=O) groups excluding carboxylic acids is 2. The molecule has 0 aromatic heterocycles. The Bertz CT molecular complexity index is 505. The molecule has 96 valence electrons. The van der Waals surface area contributed by atoms with Crippen LogP contribution < -0.4 is 5.32 Å². The van der Waals surface area contributed by atoms with E-state index in [1.165, 1.54) is 0 Å². The van der Waals surface area contributed by atoms with Crippen LogP contribution >= 0.6 is 0 Å². The van der Waals surface area contributed by atoms with E-state index >= 15 is 0 Å². The van der Waals surface area contributed by atoms with Crippen molar-refractivity contribution in [2.45, 2.75) is 19.5 Å². The molecule has 0 saturated carbocycles. The summed E-state index contributed by atoms with van der Waals surface area (Å²) in [6, 6.07) is 2.45. The molecule has 1 aromatic carbocycles. The second-order valence-electron chi connectivity index (χ2n) is 4.16. The summed E-state index contributed by atoms with van der Waals surface area (Å²) in [5.41, 5.74) is -0.00852. The number of carbonyl (C=O) groups is 2. The number of amides is 2. The number of hydrogen-bond acceptors (Lipinski definition) is 3. The molecule has 1 heterocycles. The first-order valence-corrected chi connectivity index (χ1v) is 5.50. The Kier molecular flexibility index (Phi) is 3.38. The van der Waals surface area contributed by atoms with Crippen LogP contribution in [0.5, 0.6) is 0 Å². The van der Waals surface area contributed by atoms with Crippen LogP contribution in [-0.2, 0) is 16.1 Å². The molecule has 1 aliphatic rings. The topological polar surface area (TPSA) is 49.4 Å². The van der Waals surface area contributed by atoms with Crippen molar-refractivity contribution in [3.8, 4) is 0 Å². The highest BCUT2D eigenvalue weighted by molar-refractivity contribution is 6.00. The largest absolute Gasteiger partial charge is 0.298 e. The summed E-state index contributed by atoms with van der Waals surface area (Å²) in [7, 11) is 0. The van der Waals surface area contributed by atoms with Crippen LogP contribution in [0, 0.1) is 11.6 Å². The van der Waals surface area contributed by atoms with Gasteiger partial charge in [-0.2, -0.15) is 0 Å². The molecule has 2 rings (SSSR count). The third-order valence-electron chi connectivity index (χ3n) is 2.83. The lowest BCUT2D eigenvalue weighted by molar-refractivity contribution is -0.149. The lowest BCUT2D eigenvalue weighted by Gasteiger charge is -2.29. The van der Waals surface area contributed by atoms with Crippen molar-refractivity contribution in [2.75, 3.05) is 6.54 Å². The summed E-state index contributed by atoms with van der Waals surface area (Å²) >= 11 is 0. The zero-order valence-corrected chi connectivity index (χ0v) is 9.74. The molecule has 1 unspecified atom stereocenters. The minimum absolute atomic E-state index is 0.00852. The van der Waals surface area contributed by atoms with Gasteiger partial charge in [-0.3, -0.25) is 19.8 Å². The quantitative estimate of drug-likeness (QED) is 0.795. The molecule has 6 heteroatoms. The van der Waals surface area contributed by atoms with Gasteiger partial charge in [0.25, 0.3) is 0 Å². The monoisotopic (exact) mass is 254 g/mol. The second-order valence-corrected chi connectivity index (χ2v) is 4.16. The lowest BCUT2D eigenvalue weighted by Crippen LogP contribution is -2.56. The van der Waals surface area contributed by atoms with Gasteiger partial charge >= 0.3 is 0 Å². The SMILES string of the molecule is CC1NCC(=O)N(Cc2cc(F)ccc2F)C1=O. The lowest BCUT2D eigenvalue weighted by atomic mass is 10.1. The molecule has 1 atom stereocenters. The third-order valence-corrected chi connectivity index (χ3v) is 2.83. The molecule has 0 bridgehead atoms. The van der Waals surface area contributed by atoms with Crippen molar-refractivity contribution in [3.05, 3.63) is 35.4 Å². The average molecular weight is 254 g/mol. The molecule has 1 aliphatic heterocycles. The van der Waals surface area contributed by atoms with Gasteiger partial charge in [0.1, 0.15) is 11.6 Å². The second kappa shape index (κ2) is 4.81. The van der Waals surface area contributed by atoms with Crippen molar-refractivity contribution < 1.29 is 18.4 Å². The number of nitrogens with one attached hydrogen (secondary N) is 1. The molecule has 2 amide bonds. The third kappa shape index (κ3) is 2.38. The Hall–Kier alpha value is -1.82. The summed E-state index contributed by atoms with van der Waals surface area (Å²) in [6.45, 7) is 1.39. The molecule has 1 N–H and O–H groups in total. The van der Waals surface area contributed by atoms with Crippen LogP contribution in [0.3, 0.4) is 0 Å². The maximum Gasteiger partial charge on any atom is 0.246 e. The zero-order valence-electron chi connectivity index (χ0n) is 9.74. The highest BCUT2D eigenvalue weighted by Gasteiger charge is 2.31. The molecule has 0 spiro atoms. The first kappa shape index (κ1) is 12.6. The number of rotatable bonds is 2. The number of piperazine rings is 1. The summed E-state index contributed by atoms with van der Waals surface area (Å²) in [6.07, 6.45) is 0. The highest BCUT2D eigenvalue weighted by Crippen LogP contribution is 2.14. The van der Waals surface area contributed by atoms with Gasteiger partial charge in [0, 0.05) is 5.56 Å². The summed E-state index contributed by atoms with van der Waals surface area (Å²) in [5, 5.41) is 2.71. The Morgan fingerprint density at radius 1 is 1.39 bits per heavy atom. The van der Waals surface area contributed by atoms with Crippen LogP contribution in [0.25, 0.3) is 0 Å². The van der Waals surface area contributed by atoms with E-state index in [0.717, 1.165) is 23.1 Å². The van der Waals surface area contributed by atoms with Gasteiger partial charge in [-0.05, 0) is 25.1 Å². The van der Waals surface area contributed by atoms with Crippen molar-refractivity contribution >= 4 is 11.8 Å². The van der Waals surface area contributed by atoms with Crippen LogP contribution in [0.15, 0.2) is 18.2 Å². The Labute approximate surface area is 103 Å². The van der Waals surface area contributed by atoms with Crippen molar-refractivity contribution in [1.82, 2.24) is 10.2 Å². The minimum atomic E-state index is -0.636. The summed E-state index contributed by atoms with van der Waals surface area (Å²) < 4.78 is 26.4. The van der Waals surface area contributed by atoms with E-state index in [1.807, 2.05) is 0 Å². The van der Waals surface area contributed by atoms with Gasteiger partial charge in [-0.25, -0.2) is 8.78 Å². The molecule has 4 nitrogen and oxygen atoms in total. The Morgan fingerprint density at radius 3 is 2.83 bits per heavy atom. The molecule has 1 aromatic rings. The van der Waals surface area contributed by atoms with Crippen LogP contribution in [0.4, 0.5) is 8.78 Å². The molecule has 0 aliphatic carbocycles. The number of hydrogen-bond donors (Lipinski definition) is 1. The van der Waals surface area contributed by atoms with Crippen molar-refractivity contribution in [1.29, 1.82) is 0 Å². The number of nitrogens with zero attached hydrogens (tertiary/aromatic N) is 1. The smallest absolute Gasteiger partial charge is 0.246 e.